The number of pyridine rings is 1. The third-order valence-corrected chi connectivity index (χ3v) is 5.58. The Morgan fingerprint density at radius 3 is 2.58 bits per heavy atom. The summed E-state index contributed by atoms with van der Waals surface area (Å²) < 4.78 is 16.1. The van der Waals surface area contributed by atoms with Crippen molar-refractivity contribution in [2.45, 2.75) is 24.9 Å². The number of fused-ring (bicyclic) bond motifs is 4. The molecule has 3 saturated heterocycles. The van der Waals surface area contributed by atoms with Gasteiger partial charge in [0.25, 0.3) is 0 Å². The zero-order chi connectivity index (χ0) is 18.6. The number of benzene rings is 1. The van der Waals surface area contributed by atoms with E-state index in [1.807, 2.05) is 0 Å². The van der Waals surface area contributed by atoms with E-state index < -0.39 is 22.8 Å². The number of rotatable bonds is 3. The van der Waals surface area contributed by atoms with Crippen LogP contribution in [0, 0.1) is 5.82 Å². The predicted molar refractivity (Wildman–Crippen MR) is 94.4 cm³/mol. The number of piperazine rings is 1. The molecule has 2 bridgehead atoms. The molecule has 26 heavy (non-hydrogen) atoms. The first-order valence-electron chi connectivity index (χ1n) is 8.54. The van der Waals surface area contributed by atoms with Crippen LogP contribution in [0.5, 0.6) is 0 Å². The Kier molecular flexibility index (Phi) is 3.87. The number of likely N-dealkylation sites (N-methyl/N-ethyl adjacent to an activating group) is 1. The highest BCUT2D eigenvalue weighted by molar-refractivity contribution is 5.93. The van der Waals surface area contributed by atoms with Gasteiger partial charge in [0.1, 0.15) is 18.5 Å². The van der Waals surface area contributed by atoms with Crippen molar-refractivity contribution in [2.75, 3.05) is 32.1 Å². The normalized spacial score (nSPS) is 22.8. The fourth-order valence-electron chi connectivity index (χ4n) is 4.16. The van der Waals surface area contributed by atoms with Gasteiger partial charge in [-0.1, -0.05) is 0 Å². The minimum absolute atomic E-state index is 0.00714. The van der Waals surface area contributed by atoms with E-state index in [4.69, 9.17) is 4.84 Å². The van der Waals surface area contributed by atoms with E-state index in [-0.39, 0.29) is 11.4 Å². The molecule has 4 heterocycles. The number of nitrogens with zero attached hydrogens (tertiary/aromatic N) is 3. The lowest BCUT2D eigenvalue weighted by Gasteiger charge is -2.51. The van der Waals surface area contributed by atoms with Crippen LogP contribution in [0.1, 0.15) is 23.2 Å². The Morgan fingerprint density at radius 1 is 1.27 bits per heavy atom. The quantitative estimate of drug-likeness (QED) is 0.885. The van der Waals surface area contributed by atoms with E-state index in [9.17, 15) is 19.1 Å². The van der Waals surface area contributed by atoms with E-state index in [0.717, 1.165) is 38.2 Å². The first-order chi connectivity index (χ1) is 12.4. The average molecular weight is 361 g/mol. The summed E-state index contributed by atoms with van der Waals surface area (Å²) >= 11 is 0. The molecule has 8 heteroatoms. The molecule has 2 atom stereocenters. The first kappa shape index (κ1) is 16.8. The van der Waals surface area contributed by atoms with Gasteiger partial charge in [-0.15, -0.1) is 0 Å². The minimum atomic E-state index is -1.37. The number of hydrogen-bond acceptors (Lipinski definition) is 5. The Hall–Kier alpha value is -2.61. The number of halogens is 1. The van der Waals surface area contributed by atoms with Gasteiger partial charge >= 0.3 is 5.97 Å². The van der Waals surface area contributed by atoms with Crippen LogP contribution in [0.25, 0.3) is 10.9 Å². The monoisotopic (exact) mass is 361 g/mol. The van der Waals surface area contributed by atoms with Crippen LogP contribution >= 0.6 is 0 Å². The molecule has 2 aromatic rings. The van der Waals surface area contributed by atoms with Crippen molar-refractivity contribution < 1.29 is 19.1 Å². The molecule has 138 valence electrons. The molecule has 2 unspecified atom stereocenters. The van der Waals surface area contributed by atoms with Crippen molar-refractivity contribution in [2.24, 2.45) is 0 Å². The molecular formula is C18H20FN3O4. The van der Waals surface area contributed by atoms with Crippen LogP contribution in [0.3, 0.4) is 0 Å². The molecular weight excluding hydrogens is 341 g/mol. The fraction of sp³-hybridized carbons (Fsp3) is 0.444. The van der Waals surface area contributed by atoms with Crippen LogP contribution in [-0.2, 0) is 0 Å². The van der Waals surface area contributed by atoms with Crippen molar-refractivity contribution in [1.29, 1.82) is 0 Å². The van der Waals surface area contributed by atoms with E-state index in [1.165, 1.54) is 11.8 Å². The number of carboxylic acid groups (broad SMARTS) is 1. The minimum Gasteiger partial charge on any atom is -0.477 e. The number of carbonyl (C=O) groups is 1. The molecule has 0 radical (unpaired) electrons. The van der Waals surface area contributed by atoms with Crippen LogP contribution < -0.4 is 15.2 Å². The SMILES string of the molecule is COn1cc(C(=O)O)c(=O)c2cc(F)c(N3CC4CCC3CN4C)cc21. The van der Waals surface area contributed by atoms with Crippen molar-refractivity contribution >= 4 is 22.6 Å². The molecule has 0 amide bonds. The highest BCUT2D eigenvalue weighted by atomic mass is 19.1. The van der Waals surface area contributed by atoms with Crippen LogP contribution in [0.2, 0.25) is 0 Å². The zero-order valence-electron chi connectivity index (χ0n) is 14.6. The van der Waals surface area contributed by atoms with Crippen LogP contribution in [0.4, 0.5) is 10.1 Å². The molecule has 3 fully saturated rings. The molecule has 7 nitrogen and oxygen atoms in total. The molecule has 1 N–H and O–H groups in total. The summed E-state index contributed by atoms with van der Waals surface area (Å²) in [5.41, 5.74) is -0.390. The van der Waals surface area contributed by atoms with Gasteiger partial charge in [-0.05, 0) is 32.0 Å². The van der Waals surface area contributed by atoms with E-state index >= 15 is 0 Å². The lowest BCUT2D eigenvalue weighted by molar-refractivity contribution is 0.0691. The van der Waals surface area contributed by atoms with Crippen molar-refractivity contribution in [3.8, 4) is 0 Å². The smallest absolute Gasteiger partial charge is 0.341 e. The average Bonchev–Trinajstić information content (AvgIpc) is 2.62. The Balaban J connectivity index is 1.88. The van der Waals surface area contributed by atoms with Gasteiger partial charge in [0, 0.05) is 25.2 Å². The van der Waals surface area contributed by atoms with Gasteiger partial charge in [-0.3, -0.25) is 9.69 Å². The summed E-state index contributed by atoms with van der Waals surface area (Å²) in [6.45, 7) is 1.60. The molecule has 0 spiro atoms. The van der Waals surface area contributed by atoms with Gasteiger partial charge in [0.05, 0.1) is 22.8 Å². The third kappa shape index (κ3) is 2.44. The first-order valence-corrected chi connectivity index (χ1v) is 8.54. The molecule has 3 aliphatic rings. The largest absolute Gasteiger partial charge is 0.477 e. The van der Waals surface area contributed by atoms with Gasteiger partial charge < -0.3 is 14.8 Å². The number of carboxylic acids is 1. The number of piperidine rings is 2. The summed E-state index contributed by atoms with van der Waals surface area (Å²) in [5, 5.41) is 9.19. The second kappa shape index (κ2) is 5.98. The van der Waals surface area contributed by atoms with E-state index in [1.54, 1.807) is 6.07 Å². The second-order valence-corrected chi connectivity index (χ2v) is 6.98. The van der Waals surface area contributed by atoms with E-state index in [2.05, 4.69) is 16.8 Å². The molecule has 0 aliphatic carbocycles. The maximum absolute atomic E-state index is 14.9. The number of hydrogen-bond donors (Lipinski definition) is 1. The van der Waals surface area contributed by atoms with Crippen LogP contribution in [-0.4, -0.2) is 60.0 Å². The maximum atomic E-state index is 14.9. The summed E-state index contributed by atoms with van der Waals surface area (Å²) in [6.07, 6.45) is 3.23. The number of aromatic nitrogens is 1. The van der Waals surface area contributed by atoms with Crippen molar-refractivity contribution in [3.05, 3.63) is 39.9 Å². The summed E-state index contributed by atoms with van der Waals surface area (Å²) in [6, 6.07) is 3.31. The van der Waals surface area contributed by atoms with Gasteiger partial charge in [-0.2, -0.15) is 4.73 Å². The summed E-state index contributed by atoms with van der Waals surface area (Å²) in [4.78, 5) is 33.2. The zero-order valence-corrected chi connectivity index (χ0v) is 14.6. The highest BCUT2D eigenvalue weighted by Gasteiger charge is 2.38. The Morgan fingerprint density at radius 2 is 2.00 bits per heavy atom. The summed E-state index contributed by atoms with van der Waals surface area (Å²) in [5.74, 6) is -1.89. The molecule has 0 saturated carbocycles. The number of anilines is 1. The Bertz CT molecular complexity index is 958. The molecule has 3 aliphatic heterocycles. The topological polar surface area (TPSA) is 75.0 Å². The Labute approximate surface area is 149 Å². The highest BCUT2D eigenvalue weighted by Crippen LogP contribution is 2.34. The lowest BCUT2D eigenvalue weighted by atomic mass is 9.90. The standard InChI is InChI=1S/C18H20FN3O4/c1-20-7-11-4-3-10(20)8-21(11)16-6-15-12(5-14(16)19)17(23)13(18(24)25)9-22(15)26-2/h5-6,9-11H,3-4,7-8H2,1-2H3,(H,24,25). The molecule has 5 rings (SSSR count). The summed E-state index contributed by atoms with van der Waals surface area (Å²) in [7, 11) is 3.46. The molecule has 1 aromatic carbocycles. The lowest BCUT2D eigenvalue weighted by Crippen LogP contribution is -2.61. The van der Waals surface area contributed by atoms with Gasteiger partial charge in [0.2, 0.25) is 5.43 Å². The molecule has 1 aromatic heterocycles. The number of aromatic carboxylic acids is 1. The second-order valence-electron chi connectivity index (χ2n) is 6.98. The predicted octanol–water partition coefficient (Wildman–Crippen LogP) is 1.18. The van der Waals surface area contributed by atoms with E-state index in [0.29, 0.717) is 17.2 Å². The van der Waals surface area contributed by atoms with Gasteiger partial charge in [0.15, 0.2) is 0 Å². The van der Waals surface area contributed by atoms with Crippen LogP contribution in [0.15, 0.2) is 23.1 Å². The van der Waals surface area contributed by atoms with Gasteiger partial charge in [-0.25, -0.2) is 9.18 Å². The fourth-order valence-corrected chi connectivity index (χ4v) is 4.16. The third-order valence-electron chi connectivity index (χ3n) is 5.58. The van der Waals surface area contributed by atoms with Crippen molar-refractivity contribution in [3.63, 3.8) is 0 Å². The van der Waals surface area contributed by atoms with Crippen molar-refractivity contribution in [1.82, 2.24) is 9.63 Å². The maximum Gasteiger partial charge on any atom is 0.341 e.